The third-order valence-electron chi connectivity index (χ3n) is 5.36. The Labute approximate surface area is 177 Å². The van der Waals surface area contributed by atoms with Crippen LogP contribution in [-0.2, 0) is 4.79 Å². The van der Waals surface area contributed by atoms with Crippen LogP contribution in [0.1, 0.15) is 44.0 Å². The van der Waals surface area contributed by atoms with Gasteiger partial charge in [0.05, 0.1) is 0 Å². The van der Waals surface area contributed by atoms with Crippen molar-refractivity contribution in [3.63, 3.8) is 0 Å². The lowest BCUT2D eigenvalue weighted by atomic mass is 9.88. The summed E-state index contributed by atoms with van der Waals surface area (Å²) in [4.78, 5) is 29.7. The van der Waals surface area contributed by atoms with Crippen LogP contribution < -0.4 is 10.6 Å². The monoisotopic (exact) mass is 422 g/mol. The van der Waals surface area contributed by atoms with Crippen LogP contribution in [0.5, 0.6) is 0 Å². The molecule has 1 aromatic carbocycles. The highest BCUT2D eigenvalue weighted by Gasteiger charge is 2.35. The van der Waals surface area contributed by atoms with E-state index in [1.54, 1.807) is 4.90 Å². The van der Waals surface area contributed by atoms with Gasteiger partial charge in [0.15, 0.2) is 5.11 Å². The largest absolute Gasteiger partial charge is 0.363 e. The van der Waals surface area contributed by atoms with Crippen LogP contribution in [0.4, 0.5) is 4.39 Å². The highest BCUT2D eigenvalue weighted by atomic mass is 32.1. The Morgan fingerprint density at radius 1 is 1.17 bits per heavy atom. The van der Waals surface area contributed by atoms with Crippen molar-refractivity contribution in [3.05, 3.63) is 35.6 Å². The van der Waals surface area contributed by atoms with Gasteiger partial charge in [-0.2, -0.15) is 0 Å². The van der Waals surface area contributed by atoms with Crippen LogP contribution in [0.2, 0.25) is 0 Å². The average Bonchev–Trinajstić information content (AvgIpc) is 2.73. The van der Waals surface area contributed by atoms with E-state index in [-0.39, 0.29) is 17.7 Å². The summed E-state index contributed by atoms with van der Waals surface area (Å²) in [7, 11) is 0. The zero-order chi connectivity index (χ0) is 21.4. The molecule has 0 aromatic heterocycles. The first-order valence-corrected chi connectivity index (χ1v) is 10.7. The van der Waals surface area contributed by atoms with E-state index in [1.165, 1.54) is 24.3 Å². The molecule has 0 radical (unpaired) electrons. The molecule has 0 spiro atoms. The number of hydrogen-bond acceptors (Lipinski definition) is 3. The van der Waals surface area contributed by atoms with Crippen molar-refractivity contribution >= 4 is 29.1 Å². The molecule has 1 aromatic rings. The van der Waals surface area contributed by atoms with E-state index in [4.69, 9.17) is 12.2 Å². The summed E-state index contributed by atoms with van der Waals surface area (Å²) >= 11 is 5.39. The summed E-state index contributed by atoms with van der Waals surface area (Å²) in [6.45, 7) is 9.28. The molecule has 1 fully saturated rings. The first-order chi connectivity index (χ1) is 13.9. The molecule has 8 heteroatoms. The second-order valence-electron chi connectivity index (χ2n) is 7.13. The standard InChI is InChI=1S/C21H31FN4O2S/c1-4-23-21(29)26-13-11-15(12-14-26)18(20(28)25(5-2)6-3)24-19(27)16-7-9-17(22)10-8-16/h7-10,15,18H,4-6,11-14H2,1-3H3,(H,23,29)(H,24,27)/t18-/m0/s1. The number of likely N-dealkylation sites (tertiary alicyclic amines) is 1. The normalized spacial score (nSPS) is 15.5. The highest BCUT2D eigenvalue weighted by Crippen LogP contribution is 2.23. The SMILES string of the molecule is CCNC(=S)N1CCC([C@H](NC(=O)c2ccc(F)cc2)C(=O)N(CC)CC)CC1. The second kappa shape index (κ2) is 11.1. The zero-order valence-corrected chi connectivity index (χ0v) is 18.2. The third kappa shape index (κ3) is 6.13. The second-order valence-corrected chi connectivity index (χ2v) is 7.52. The van der Waals surface area contributed by atoms with Crippen LogP contribution >= 0.6 is 12.2 Å². The fourth-order valence-electron chi connectivity index (χ4n) is 3.64. The van der Waals surface area contributed by atoms with Gasteiger partial charge in [-0.3, -0.25) is 9.59 Å². The number of likely N-dealkylation sites (N-methyl/N-ethyl adjacent to an activating group) is 1. The Morgan fingerprint density at radius 3 is 2.28 bits per heavy atom. The molecule has 1 heterocycles. The van der Waals surface area contributed by atoms with Gasteiger partial charge in [-0.15, -0.1) is 0 Å². The molecule has 29 heavy (non-hydrogen) atoms. The molecule has 1 saturated heterocycles. The van der Waals surface area contributed by atoms with Gasteiger partial charge in [0.2, 0.25) is 5.91 Å². The van der Waals surface area contributed by atoms with Gasteiger partial charge < -0.3 is 20.4 Å². The maximum Gasteiger partial charge on any atom is 0.251 e. The van der Waals surface area contributed by atoms with Gasteiger partial charge in [-0.25, -0.2) is 4.39 Å². The zero-order valence-electron chi connectivity index (χ0n) is 17.4. The van der Waals surface area contributed by atoms with Crippen molar-refractivity contribution < 1.29 is 14.0 Å². The fraction of sp³-hybridized carbons (Fsp3) is 0.571. The minimum atomic E-state index is -0.609. The Bertz CT molecular complexity index is 701. The molecule has 1 atom stereocenters. The molecule has 2 rings (SSSR count). The van der Waals surface area contributed by atoms with Gasteiger partial charge in [-0.05, 0) is 76.0 Å². The number of nitrogens with one attached hydrogen (secondary N) is 2. The smallest absolute Gasteiger partial charge is 0.251 e. The summed E-state index contributed by atoms with van der Waals surface area (Å²) in [5.74, 6) is -0.811. The molecule has 1 aliphatic rings. The molecule has 2 amide bonds. The number of hydrogen-bond donors (Lipinski definition) is 2. The topological polar surface area (TPSA) is 64.7 Å². The van der Waals surface area contributed by atoms with Gasteiger partial charge in [0.1, 0.15) is 11.9 Å². The number of halogens is 1. The number of carbonyl (C=O) groups excluding carboxylic acids is 2. The predicted octanol–water partition coefficient (Wildman–Crippen LogP) is 2.40. The Balaban J connectivity index is 2.13. The van der Waals surface area contributed by atoms with Crippen molar-refractivity contribution in [2.75, 3.05) is 32.7 Å². The minimum absolute atomic E-state index is 0.0215. The van der Waals surface area contributed by atoms with Crippen molar-refractivity contribution in [1.82, 2.24) is 20.4 Å². The van der Waals surface area contributed by atoms with E-state index in [0.29, 0.717) is 18.7 Å². The highest BCUT2D eigenvalue weighted by molar-refractivity contribution is 7.80. The van der Waals surface area contributed by atoms with E-state index in [0.717, 1.165) is 37.6 Å². The number of thiocarbonyl (C=S) groups is 1. The molecule has 6 nitrogen and oxygen atoms in total. The van der Waals surface area contributed by atoms with Gasteiger partial charge in [-0.1, -0.05) is 0 Å². The lowest BCUT2D eigenvalue weighted by molar-refractivity contribution is -0.134. The lowest BCUT2D eigenvalue weighted by Gasteiger charge is -2.38. The molecule has 160 valence electrons. The Hall–Kier alpha value is -2.22. The average molecular weight is 423 g/mol. The van der Waals surface area contributed by atoms with Crippen LogP contribution in [0.15, 0.2) is 24.3 Å². The molecule has 0 bridgehead atoms. The van der Waals surface area contributed by atoms with Crippen molar-refractivity contribution in [2.45, 2.75) is 39.7 Å². The lowest BCUT2D eigenvalue weighted by Crippen LogP contribution is -2.55. The van der Waals surface area contributed by atoms with Crippen molar-refractivity contribution in [1.29, 1.82) is 0 Å². The molecule has 2 N–H and O–H groups in total. The summed E-state index contributed by atoms with van der Waals surface area (Å²) in [6, 6.07) is 4.75. The van der Waals surface area contributed by atoms with Gasteiger partial charge in [0.25, 0.3) is 5.91 Å². The Morgan fingerprint density at radius 2 is 1.76 bits per heavy atom. The molecule has 0 unspecified atom stereocenters. The fourth-order valence-corrected chi connectivity index (χ4v) is 3.96. The van der Waals surface area contributed by atoms with E-state index < -0.39 is 11.9 Å². The molecule has 0 aliphatic carbocycles. The maximum absolute atomic E-state index is 13.2. The number of carbonyl (C=O) groups is 2. The van der Waals surface area contributed by atoms with Crippen LogP contribution in [0, 0.1) is 11.7 Å². The summed E-state index contributed by atoms with van der Waals surface area (Å²) in [6.07, 6.45) is 1.51. The van der Waals surface area contributed by atoms with Crippen molar-refractivity contribution in [2.24, 2.45) is 5.92 Å². The number of rotatable bonds is 7. The number of nitrogens with zero attached hydrogens (tertiary/aromatic N) is 2. The summed E-state index contributed by atoms with van der Waals surface area (Å²) < 4.78 is 13.2. The van der Waals surface area contributed by atoms with Crippen LogP contribution in [-0.4, -0.2) is 65.5 Å². The van der Waals surface area contributed by atoms with Crippen LogP contribution in [0.3, 0.4) is 0 Å². The molecular weight excluding hydrogens is 391 g/mol. The first-order valence-electron chi connectivity index (χ1n) is 10.3. The Kier molecular flexibility index (Phi) is 8.82. The van der Waals surface area contributed by atoms with E-state index in [9.17, 15) is 14.0 Å². The van der Waals surface area contributed by atoms with Gasteiger partial charge in [0, 0.05) is 38.3 Å². The maximum atomic E-state index is 13.2. The van der Waals surface area contributed by atoms with Gasteiger partial charge >= 0.3 is 0 Å². The van der Waals surface area contributed by atoms with E-state index in [1.807, 2.05) is 20.8 Å². The van der Waals surface area contributed by atoms with E-state index >= 15 is 0 Å². The number of amides is 2. The van der Waals surface area contributed by atoms with E-state index in [2.05, 4.69) is 15.5 Å². The first kappa shape index (κ1) is 23.1. The van der Waals surface area contributed by atoms with Crippen molar-refractivity contribution in [3.8, 4) is 0 Å². The minimum Gasteiger partial charge on any atom is -0.363 e. The quantitative estimate of drug-likeness (QED) is 0.661. The molecular formula is C21H31FN4O2S. The summed E-state index contributed by atoms with van der Waals surface area (Å²) in [5, 5.41) is 6.81. The molecule has 1 aliphatic heterocycles. The third-order valence-corrected chi connectivity index (χ3v) is 5.76. The number of piperidine rings is 1. The molecule has 0 saturated carbocycles. The van der Waals surface area contributed by atoms with Crippen LogP contribution in [0.25, 0.3) is 0 Å². The predicted molar refractivity (Wildman–Crippen MR) is 116 cm³/mol. The number of benzene rings is 1. The summed E-state index contributed by atoms with van der Waals surface area (Å²) in [5.41, 5.74) is 0.342.